The maximum absolute atomic E-state index is 5.45. The van der Waals surface area contributed by atoms with Crippen molar-refractivity contribution in [3.05, 3.63) is 33.8 Å². The first-order valence-corrected chi connectivity index (χ1v) is 5.48. The van der Waals surface area contributed by atoms with E-state index in [-0.39, 0.29) is 0 Å². The highest BCUT2D eigenvalue weighted by Gasteiger charge is 1.98. The molecule has 2 heteroatoms. The van der Waals surface area contributed by atoms with Crippen LogP contribution < -0.4 is 5.73 Å². The first kappa shape index (κ1) is 10.7. The summed E-state index contributed by atoms with van der Waals surface area (Å²) in [4.78, 5) is 0. The molecule has 13 heavy (non-hydrogen) atoms. The molecule has 1 aromatic rings. The van der Waals surface area contributed by atoms with E-state index in [0.29, 0.717) is 0 Å². The van der Waals surface area contributed by atoms with Crippen molar-refractivity contribution in [2.45, 2.75) is 26.2 Å². The zero-order valence-electron chi connectivity index (χ0n) is 8.02. The van der Waals surface area contributed by atoms with Gasteiger partial charge in [-0.25, -0.2) is 0 Å². The van der Waals surface area contributed by atoms with E-state index < -0.39 is 0 Å². The molecule has 1 aromatic carbocycles. The van der Waals surface area contributed by atoms with Gasteiger partial charge in [-0.1, -0.05) is 22.0 Å². The summed E-state index contributed by atoms with van der Waals surface area (Å²) in [5, 5.41) is 0. The Morgan fingerprint density at radius 3 is 2.69 bits per heavy atom. The molecule has 0 bridgehead atoms. The molecule has 0 saturated heterocycles. The average Bonchev–Trinajstić information content (AvgIpc) is 2.09. The van der Waals surface area contributed by atoms with Gasteiger partial charge in [-0.3, -0.25) is 0 Å². The molecule has 0 saturated carbocycles. The minimum atomic E-state index is 0.801. The molecular formula is C11H16BrN. The van der Waals surface area contributed by atoms with Crippen LogP contribution in [-0.4, -0.2) is 6.54 Å². The lowest BCUT2D eigenvalue weighted by Crippen LogP contribution is -1.99. The van der Waals surface area contributed by atoms with Crippen molar-refractivity contribution in [1.29, 1.82) is 0 Å². The minimum Gasteiger partial charge on any atom is -0.330 e. The summed E-state index contributed by atoms with van der Waals surface area (Å²) in [6.45, 7) is 2.96. The quantitative estimate of drug-likeness (QED) is 0.807. The van der Waals surface area contributed by atoms with E-state index in [1.165, 1.54) is 17.5 Å². The molecule has 0 spiro atoms. The fraction of sp³-hybridized carbons (Fsp3) is 0.455. The lowest BCUT2D eigenvalue weighted by molar-refractivity contribution is 0.742. The third-order valence-electron chi connectivity index (χ3n) is 2.20. The molecule has 0 unspecified atom stereocenters. The summed E-state index contributed by atoms with van der Waals surface area (Å²) in [5.74, 6) is 0. The summed E-state index contributed by atoms with van der Waals surface area (Å²) < 4.78 is 1.16. The van der Waals surface area contributed by atoms with Gasteiger partial charge in [-0.2, -0.15) is 0 Å². The van der Waals surface area contributed by atoms with Crippen LogP contribution in [0.5, 0.6) is 0 Å². The fourth-order valence-corrected chi connectivity index (χ4v) is 1.88. The van der Waals surface area contributed by atoms with Crippen molar-refractivity contribution >= 4 is 15.9 Å². The summed E-state index contributed by atoms with van der Waals surface area (Å²) in [5.41, 5.74) is 8.26. The van der Waals surface area contributed by atoms with Crippen molar-refractivity contribution in [3.63, 3.8) is 0 Å². The molecule has 0 radical (unpaired) electrons. The Bertz CT molecular complexity index is 271. The van der Waals surface area contributed by atoms with Gasteiger partial charge in [0, 0.05) is 4.47 Å². The van der Waals surface area contributed by atoms with Crippen LogP contribution in [0.2, 0.25) is 0 Å². The van der Waals surface area contributed by atoms with Crippen molar-refractivity contribution in [2.24, 2.45) is 5.73 Å². The standard InChI is InChI=1S/C11H16BrN/c1-9-8-11(12)6-5-10(9)4-2-3-7-13/h5-6,8H,2-4,7,13H2,1H3. The zero-order valence-corrected chi connectivity index (χ0v) is 9.60. The molecule has 0 aliphatic rings. The molecular weight excluding hydrogens is 226 g/mol. The Labute approximate surface area is 88.5 Å². The Balaban J connectivity index is 2.56. The van der Waals surface area contributed by atoms with E-state index in [9.17, 15) is 0 Å². The topological polar surface area (TPSA) is 26.0 Å². The second-order valence-electron chi connectivity index (χ2n) is 3.32. The molecule has 0 atom stereocenters. The zero-order chi connectivity index (χ0) is 9.68. The molecule has 1 rings (SSSR count). The molecule has 0 aliphatic carbocycles. The van der Waals surface area contributed by atoms with Gasteiger partial charge in [0.2, 0.25) is 0 Å². The van der Waals surface area contributed by atoms with Crippen LogP contribution in [0.4, 0.5) is 0 Å². The van der Waals surface area contributed by atoms with Crippen LogP contribution in [0.1, 0.15) is 24.0 Å². The Morgan fingerprint density at radius 2 is 2.08 bits per heavy atom. The highest BCUT2D eigenvalue weighted by atomic mass is 79.9. The number of benzene rings is 1. The molecule has 2 N–H and O–H groups in total. The Hall–Kier alpha value is -0.340. The average molecular weight is 242 g/mol. The third-order valence-corrected chi connectivity index (χ3v) is 2.70. The van der Waals surface area contributed by atoms with Crippen molar-refractivity contribution in [1.82, 2.24) is 0 Å². The van der Waals surface area contributed by atoms with E-state index in [2.05, 4.69) is 41.1 Å². The van der Waals surface area contributed by atoms with Crippen molar-refractivity contribution in [3.8, 4) is 0 Å². The first-order chi connectivity index (χ1) is 6.24. The van der Waals surface area contributed by atoms with E-state index in [4.69, 9.17) is 5.73 Å². The minimum absolute atomic E-state index is 0.801. The number of aryl methyl sites for hydroxylation is 2. The highest BCUT2D eigenvalue weighted by molar-refractivity contribution is 9.10. The highest BCUT2D eigenvalue weighted by Crippen LogP contribution is 2.17. The first-order valence-electron chi connectivity index (χ1n) is 4.69. The number of rotatable bonds is 4. The lowest BCUT2D eigenvalue weighted by atomic mass is 10.0. The van der Waals surface area contributed by atoms with Crippen LogP contribution in [0.3, 0.4) is 0 Å². The Morgan fingerprint density at radius 1 is 1.31 bits per heavy atom. The molecule has 0 aliphatic heterocycles. The molecule has 1 nitrogen and oxygen atoms in total. The van der Waals surface area contributed by atoms with Crippen molar-refractivity contribution < 1.29 is 0 Å². The monoisotopic (exact) mass is 241 g/mol. The second-order valence-corrected chi connectivity index (χ2v) is 4.23. The van der Waals surface area contributed by atoms with Crippen LogP contribution in [0.25, 0.3) is 0 Å². The van der Waals surface area contributed by atoms with Gasteiger partial charge in [-0.05, 0) is 56.0 Å². The summed E-state index contributed by atoms with van der Waals surface area (Å²) in [6, 6.07) is 6.46. The SMILES string of the molecule is Cc1cc(Br)ccc1CCCCN. The largest absolute Gasteiger partial charge is 0.330 e. The predicted molar refractivity (Wildman–Crippen MR) is 60.9 cm³/mol. The van der Waals surface area contributed by atoms with Crippen LogP contribution in [-0.2, 0) is 6.42 Å². The predicted octanol–water partition coefficient (Wildman–Crippen LogP) is 3.04. The van der Waals surface area contributed by atoms with Crippen LogP contribution >= 0.6 is 15.9 Å². The maximum atomic E-state index is 5.45. The van der Waals surface area contributed by atoms with Crippen LogP contribution in [0.15, 0.2) is 22.7 Å². The number of nitrogens with two attached hydrogens (primary N) is 1. The Kier molecular flexibility index (Phi) is 4.46. The van der Waals surface area contributed by atoms with Gasteiger partial charge < -0.3 is 5.73 Å². The number of hydrogen-bond acceptors (Lipinski definition) is 1. The molecule has 72 valence electrons. The number of hydrogen-bond donors (Lipinski definition) is 1. The van der Waals surface area contributed by atoms with E-state index in [1.807, 2.05) is 0 Å². The summed E-state index contributed by atoms with van der Waals surface area (Å²) in [6.07, 6.45) is 3.46. The van der Waals surface area contributed by atoms with E-state index in [1.54, 1.807) is 0 Å². The molecule has 0 heterocycles. The van der Waals surface area contributed by atoms with Gasteiger partial charge in [0.15, 0.2) is 0 Å². The number of unbranched alkanes of at least 4 members (excludes halogenated alkanes) is 1. The summed E-state index contributed by atoms with van der Waals surface area (Å²) >= 11 is 3.46. The molecule has 0 amide bonds. The van der Waals surface area contributed by atoms with E-state index >= 15 is 0 Å². The van der Waals surface area contributed by atoms with E-state index in [0.717, 1.165) is 23.9 Å². The normalized spacial score (nSPS) is 10.4. The maximum Gasteiger partial charge on any atom is 0.0178 e. The van der Waals surface area contributed by atoms with Gasteiger partial charge in [0.05, 0.1) is 0 Å². The van der Waals surface area contributed by atoms with Gasteiger partial charge in [0.1, 0.15) is 0 Å². The molecule has 0 fully saturated rings. The number of halogens is 1. The lowest BCUT2D eigenvalue weighted by Gasteiger charge is -2.05. The second kappa shape index (κ2) is 5.40. The fourth-order valence-electron chi connectivity index (χ4n) is 1.40. The van der Waals surface area contributed by atoms with Gasteiger partial charge >= 0.3 is 0 Å². The molecule has 0 aromatic heterocycles. The van der Waals surface area contributed by atoms with Gasteiger partial charge in [-0.15, -0.1) is 0 Å². The van der Waals surface area contributed by atoms with Gasteiger partial charge in [0.25, 0.3) is 0 Å². The van der Waals surface area contributed by atoms with Crippen molar-refractivity contribution in [2.75, 3.05) is 6.54 Å². The summed E-state index contributed by atoms with van der Waals surface area (Å²) in [7, 11) is 0. The third kappa shape index (κ3) is 3.49. The smallest absolute Gasteiger partial charge is 0.0178 e. The van der Waals surface area contributed by atoms with Crippen LogP contribution in [0, 0.1) is 6.92 Å².